The van der Waals surface area contributed by atoms with Crippen molar-refractivity contribution in [3.8, 4) is 0 Å². The molecule has 0 spiro atoms. The average molecular weight is 291 g/mol. The van der Waals surface area contributed by atoms with Crippen LogP contribution in [-0.2, 0) is 10.4 Å². The number of hydrogen-bond donors (Lipinski definition) is 2. The molecule has 0 fully saturated rings. The lowest BCUT2D eigenvalue weighted by Crippen LogP contribution is -2.37. The van der Waals surface area contributed by atoms with Crippen molar-refractivity contribution in [2.75, 3.05) is 0 Å². The molecule has 5 heteroatoms. The lowest BCUT2D eigenvalue weighted by molar-refractivity contribution is -0.152. The van der Waals surface area contributed by atoms with E-state index in [-0.39, 0.29) is 5.02 Å². The van der Waals surface area contributed by atoms with Crippen LogP contribution < -0.4 is 0 Å². The summed E-state index contributed by atoms with van der Waals surface area (Å²) in [6.45, 7) is 3.34. The molecule has 0 heterocycles. The monoisotopic (exact) mass is 290 g/mol. The van der Waals surface area contributed by atoms with Gasteiger partial charge in [-0.25, -0.2) is 0 Å². The number of halogens is 2. The molecule has 2 unspecified atom stereocenters. The van der Waals surface area contributed by atoms with Crippen LogP contribution in [0.4, 0.5) is 0 Å². The summed E-state index contributed by atoms with van der Waals surface area (Å²) in [5.41, 5.74) is -1.14. The molecule has 2 atom stereocenters. The number of benzene rings is 1. The van der Waals surface area contributed by atoms with Gasteiger partial charge in [0, 0.05) is 15.6 Å². The average Bonchev–Trinajstić information content (AvgIpc) is 2.24. The smallest absolute Gasteiger partial charge is 0.309 e. The third-order valence-electron chi connectivity index (χ3n) is 3.03. The Kier molecular flexibility index (Phi) is 5.02. The Morgan fingerprint density at radius 3 is 2.50 bits per heavy atom. The number of hydrogen-bond acceptors (Lipinski definition) is 2. The molecule has 18 heavy (non-hydrogen) atoms. The van der Waals surface area contributed by atoms with Crippen LogP contribution in [0.25, 0.3) is 0 Å². The zero-order valence-corrected chi connectivity index (χ0v) is 11.8. The Hall–Kier alpha value is -0.770. The largest absolute Gasteiger partial charge is 0.481 e. The number of aliphatic carboxylic acids is 1. The van der Waals surface area contributed by atoms with Crippen molar-refractivity contribution in [2.45, 2.75) is 32.3 Å². The summed E-state index contributed by atoms with van der Waals surface area (Å²) in [7, 11) is 0. The van der Waals surface area contributed by atoms with Crippen LogP contribution in [0.1, 0.15) is 32.3 Å². The first-order chi connectivity index (χ1) is 8.30. The van der Waals surface area contributed by atoms with E-state index < -0.39 is 17.5 Å². The highest BCUT2D eigenvalue weighted by Gasteiger charge is 2.39. The summed E-state index contributed by atoms with van der Waals surface area (Å²) in [6, 6.07) is 4.65. The maximum atomic E-state index is 11.3. The standard InChI is InChI=1S/C13H16Cl2O3/c1-3-4-10(12(16)17)13(2,18)9-6-5-8(14)7-11(9)15/h5-7,10,18H,3-4H2,1-2H3,(H,16,17). The number of aliphatic hydroxyl groups is 1. The van der Waals surface area contributed by atoms with Crippen LogP contribution >= 0.6 is 23.2 Å². The van der Waals surface area contributed by atoms with E-state index in [9.17, 15) is 15.0 Å². The van der Waals surface area contributed by atoms with Gasteiger partial charge in [0.25, 0.3) is 0 Å². The summed E-state index contributed by atoms with van der Waals surface area (Å²) in [5.74, 6) is -1.94. The van der Waals surface area contributed by atoms with Gasteiger partial charge in [-0.05, 0) is 25.5 Å². The molecule has 1 aromatic rings. The molecule has 2 N–H and O–H groups in total. The number of carbonyl (C=O) groups is 1. The van der Waals surface area contributed by atoms with E-state index in [4.69, 9.17) is 23.2 Å². The molecular formula is C13H16Cl2O3. The van der Waals surface area contributed by atoms with Crippen molar-refractivity contribution in [3.63, 3.8) is 0 Å². The first-order valence-corrected chi connectivity index (χ1v) is 6.47. The van der Waals surface area contributed by atoms with E-state index >= 15 is 0 Å². The molecule has 0 bridgehead atoms. The normalized spacial score (nSPS) is 16.1. The van der Waals surface area contributed by atoms with Crippen LogP contribution in [0.5, 0.6) is 0 Å². The van der Waals surface area contributed by atoms with Crippen LogP contribution in [0, 0.1) is 5.92 Å². The fourth-order valence-electron chi connectivity index (χ4n) is 2.02. The third kappa shape index (κ3) is 3.16. The van der Waals surface area contributed by atoms with Gasteiger partial charge >= 0.3 is 5.97 Å². The summed E-state index contributed by atoms with van der Waals surface area (Å²) >= 11 is 11.8. The summed E-state index contributed by atoms with van der Waals surface area (Å²) < 4.78 is 0. The summed E-state index contributed by atoms with van der Waals surface area (Å²) in [5, 5.41) is 20.4. The SMILES string of the molecule is CCCC(C(=O)O)C(C)(O)c1ccc(Cl)cc1Cl. The molecule has 0 saturated carbocycles. The van der Waals surface area contributed by atoms with E-state index in [0.29, 0.717) is 23.4 Å². The number of carboxylic acid groups (broad SMARTS) is 1. The molecule has 1 rings (SSSR count). The van der Waals surface area contributed by atoms with Crippen LogP contribution in [0.15, 0.2) is 18.2 Å². The van der Waals surface area contributed by atoms with E-state index in [2.05, 4.69) is 0 Å². The maximum Gasteiger partial charge on any atom is 0.309 e. The fourth-order valence-corrected chi connectivity index (χ4v) is 2.62. The predicted molar refractivity (Wildman–Crippen MR) is 72.1 cm³/mol. The van der Waals surface area contributed by atoms with Gasteiger partial charge in [-0.1, -0.05) is 42.6 Å². The molecule has 0 aromatic heterocycles. The minimum Gasteiger partial charge on any atom is -0.481 e. The molecule has 0 saturated heterocycles. The second-order valence-electron chi connectivity index (χ2n) is 4.45. The van der Waals surface area contributed by atoms with Gasteiger partial charge in [-0.3, -0.25) is 4.79 Å². The van der Waals surface area contributed by atoms with Crippen molar-refractivity contribution in [1.82, 2.24) is 0 Å². The highest BCUT2D eigenvalue weighted by atomic mass is 35.5. The van der Waals surface area contributed by atoms with Gasteiger partial charge in [0.15, 0.2) is 0 Å². The van der Waals surface area contributed by atoms with Crippen molar-refractivity contribution in [1.29, 1.82) is 0 Å². The third-order valence-corrected chi connectivity index (χ3v) is 3.58. The first kappa shape index (κ1) is 15.3. The zero-order chi connectivity index (χ0) is 13.9. The van der Waals surface area contributed by atoms with Crippen molar-refractivity contribution in [2.24, 2.45) is 5.92 Å². The van der Waals surface area contributed by atoms with Gasteiger partial charge < -0.3 is 10.2 Å². The van der Waals surface area contributed by atoms with Crippen molar-refractivity contribution in [3.05, 3.63) is 33.8 Å². The van der Waals surface area contributed by atoms with E-state index in [1.54, 1.807) is 12.1 Å². The van der Waals surface area contributed by atoms with Gasteiger partial charge in [0.05, 0.1) is 5.92 Å². The maximum absolute atomic E-state index is 11.3. The molecule has 3 nitrogen and oxygen atoms in total. The molecule has 0 aliphatic heterocycles. The van der Waals surface area contributed by atoms with E-state index in [0.717, 1.165) is 0 Å². The molecule has 0 radical (unpaired) electrons. The van der Waals surface area contributed by atoms with Gasteiger partial charge in [-0.2, -0.15) is 0 Å². The lowest BCUT2D eigenvalue weighted by Gasteiger charge is -2.31. The van der Waals surface area contributed by atoms with Gasteiger partial charge in [0.2, 0.25) is 0 Å². The zero-order valence-electron chi connectivity index (χ0n) is 10.3. The van der Waals surface area contributed by atoms with E-state index in [1.807, 2.05) is 6.92 Å². The first-order valence-electron chi connectivity index (χ1n) is 5.71. The predicted octanol–water partition coefficient (Wildman–Crippen LogP) is 3.70. The molecule has 0 aliphatic carbocycles. The summed E-state index contributed by atoms with van der Waals surface area (Å²) in [6.07, 6.45) is 1.04. The summed E-state index contributed by atoms with van der Waals surface area (Å²) in [4.78, 5) is 11.3. The van der Waals surface area contributed by atoms with Crippen LogP contribution in [-0.4, -0.2) is 16.2 Å². The number of carboxylic acids is 1. The molecule has 100 valence electrons. The quantitative estimate of drug-likeness (QED) is 0.869. The Labute approximate surface area is 116 Å². The highest BCUT2D eigenvalue weighted by molar-refractivity contribution is 6.35. The lowest BCUT2D eigenvalue weighted by atomic mass is 9.80. The second-order valence-corrected chi connectivity index (χ2v) is 5.29. The van der Waals surface area contributed by atoms with Crippen LogP contribution in [0.2, 0.25) is 10.0 Å². The fraction of sp³-hybridized carbons (Fsp3) is 0.462. The highest BCUT2D eigenvalue weighted by Crippen LogP contribution is 2.37. The Bertz CT molecular complexity index is 444. The molecule has 1 aromatic carbocycles. The van der Waals surface area contributed by atoms with Gasteiger partial charge in [0.1, 0.15) is 5.60 Å². The second kappa shape index (κ2) is 5.91. The molecule has 0 aliphatic rings. The van der Waals surface area contributed by atoms with Crippen LogP contribution in [0.3, 0.4) is 0 Å². The molecular weight excluding hydrogens is 275 g/mol. The minimum absolute atomic E-state index is 0.273. The Morgan fingerprint density at radius 1 is 1.44 bits per heavy atom. The van der Waals surface area contributed by atoms with Gasteiger partial charge in [-0.15, -0.1) is 0 Å². The number of rotatable bonds is 5. The topological polar surface area (TPSA) is 57.5 Å². The Morgan fingerprint density at radius 2 is 2.06 bits per heavy atom. The van der Waals surface area contributed by atoms with Crippen molar-refractivity contribution >= 4 is 29.2 Å². The minimum atomic E-state index is -1.52. The van der Waals surface area contributed by atoms with Crippen molar-refractivity contribution < 1.29 is 15.0 Å². The van der Waals surface area contributed by atoms with E-state index in [1.165, 1.54) is 13.0 Å². The molecule has 0 amide bonds. The Balaban J connectivity index is 3.21.